The maximum Gasteiger partial charge on any atom is 0.186 e. The second-order valence-electron chi connectivity index (χ2n) is 11.0. The lowest BCUT2D eigenvalue weighted by Gasteiger charge is -2.17. The Morgan fingerprint density at radius 3 is 2.62 bits per heavy atom. The summed E-state index contributed by atoms with van der Waals surface area (Å²) in [5, 5.41) is 23.0. The number of aromatic nitrogens is 4. The summed E-state index contributed by atoms with van der Waals surface area (Å²) in [6.45, 7) is 10.6. The Labute approximate surface area is 201 Å². The van der Waals surface area contributed by atoms with E-state index in [4.69, 9.17) is 4.52 Å². The molecule has 7 heteroatoms. The van der Waals surface area contributed by atoms with Crippen molar-refractivity contribution < 1.29 is 14.4 Å². The quantitative estimate of drug-likeness (QED) is 0.446. The number of benzene rings is 1. The summed E-state index contributed by atoms with van der Waals surface area (Å²) in [5.41, 5.74) is 4.14. The molecule has 0 saturated heterocycles. The fraction of sp³-hybridized carbons (Fsp3) is 0.556. The van der Waals surface area contributed by atoms with Gasteiger partial charge in [-0.15, -0.1) is 10.2 Å². The molecule has 1 aliphatic carbocycles. The number of aliphatic hydroxyl groups excluding tert-OH is 1. The lowest BCUT2D eigenvalue weighted by Crippen LogP contribution is -2.16. The number of aryl methyl sites for hydroxylation is 2. The van der Waals surface area contributed by atoms with Crippen LogP contribution >= 0.6 is 0 Å². The van der Waals surface area contributed by atoms with Crippen molar-refractivity contribution in [2.45, 2.75) is 85.1 Å². The van der Waals surface area contributed by atoms with Crippen LogP contribution < -0.4 is 0 Å². The number of rotatable bonds is 10. The number of hydrogen-bond donors (Lipinski definition) is 1. The number of Topliss-reactive ketones (excluding diaryl/α,β-unsaturated/α-hetero) is 1. The molecule has 7 nitrogen and oxygen atoms in total. The lowest BCUT2D eigenvalue weighted by atomic mass is 9.91. The van der Waals surface area contributed by atoms with Gasteiger partial charge in [-0.05, 0) is 49.7 Å². The topological polar surface area (TPSA) is 94.0 Å². The second-order valence-corrected chi connectivity index (χ2v) is 11.0. The van der Waals surface area contributed by atoms with Crippen molar-refractivity contribution in [3.05, 3.63) is 52.5 Å². The molecule has 2 aromatic heterocycles. The lowest BCUT2D eigenvalue weighted by molar-refractivity contribution is -0.118. The van der Waals surface area contributed by atoms with Gasteiger partial charge in [0.2, 0.25) is 0 Å². The third kappa shape index (κ3) is 5.81. The van der Waals surface area contributed by atoms with Gasteiger partial charge >= 0.3 is 0 Å². The van der Waals surface area contributed by atoms with E-state index in [2.05, 4.69) is 53.7 Å². The Hall–Kier alpha value is -2.80. The summed E-state index contributed by atoms with van der Waals surface area (Å²) < 4.78 is 7.72. The van der Waals surface area contributed by atoms with Crippen LogP contribution in [0.1, 0.15) is 86.7 Å². The summed E-state index contributed by atoms with van der Waals surface area (Å²) in [6.07, 6.45) is 4.06. The fourth-order valence-electron chi connectivity index (χ4n) is 4.56. The summed E-state index contributed by atoms with van der Waals surface area (Å²) in [5.74, 6) is 2.23. The van der Waals surface area contributed by atoms with Crippen molar-refractivity contribution in [2.24, 2.45) is 5.41 Å². The van der Waals surface area contributed by atoms with Gasteiger partial charge in [0.1, 0.15) is 17.4 Å². The van der Waals surface area contributed by atoms with Gasteiger partial charge in [0.05, 0.1) is 0 Å². The van der Waals surface area contributed by atoms with Crippen molar-refractivity contribution in [3.8, 4) is 11.5 Å². The Bertz CT molecular complexity index is 1150. The van der Waals surface area contributed by atoms with E-state index in [9.17, 15) is 9.90 Å². The number of carbonyl (C=O) groups is 1. The van der Waals surface area contributed by atoms with E-state index in [1.807, 2.05) is 25.1 Å². The van der Waals surface area contributed by atoms with Crippen LogP contribution in [0.2, 0.25) is 0 Å². The maximum absolute atomic E-state index is 13.1. The molecule has 182 valence electrons. The Balaban J connectivity index is 1.57. The summed E-state index contributed by atoms with van der Waals surface area (Å²) in [6, 6.07) is 8.44. The summed E-state index contributed by atoms with van der Waals surface area (Å²) >= 11 is 0. The predicted molar refractivity (Wildman–Crippen MR) is 131 cm³/mol. The van der Waals surface area contributed by atoms with Gasteiger partial charge in [-0.2, -0.15) is 0 Å². The van der Waals surface area contributed by atoms with Crippen molar-refractivity contribution >= 4 is 5.78 Å². The molecule has 0 amide bonds. The maximum atomic E-state index is 13.1. The van der Waals surface area contributed by atoms with E-state index < -0.39 is 0 Å². The molecule has 1 aromatic carbocycles. The molecule has 1 atom stereocenters. The van der Waals surface area contributed by atoms with E-state index >= 15 is 0 Å². The molecule has 1 saturated carbocycles. The van der Waals surface area contributed by atoms with Crippen LogP contribution in [-0.4, -0.2) is 37.4 Å². The molecule has 1 fully saturated rings. The first-order valence-electron chi connectivity index (χ1n) is 12.2. The van der Waals surface area contributed by atoms with Crippen LogP contribution in [0.25, 0.3) is 11.5 Å². The molecule has 0 bridgehead atoms. The number of ketones is 1. The van der Waals surface area contributed by atoms with Crippen molar-refractivity contribution in [3.63, 3.8) is 0 Å². The van der Waals surface area contributed by atoms with E-state index in [1.54, 1.807) is 0 Å². The zero-order chi connectivity index (χ0) is 24.5. The van der Waals surface area contributed by atoms with Crippen molar-refractivity contribution in [2.75, 3.05) is 6.61 Å². The van der Waals surface area contributed by atoms with Crippen LogP contribution in [0.4, 0.5) is 0 Å². The van der Waals surface area contributed by atoms with Gasteiger partial charge in [0, 0.05) is 43.9 Å². The van der Waals surface area contributed by atoms with Gasteiger partial charge in [-0.25, -0.2) is 0 Å². The molecule has 2 heterocycles. The highest BCUT2D eigenvalue weighted by atomic mass is 16.5. The summed E-state index contributed by atoms with van der Waals surface area (Å²) in [7, 11) is 0. The zero-order valence-electron chi connectivity index (χ0n) is 21.0. The molecule has 34 heavy (non-hydrogen) atoms. The van der Waals surface area contributed by atoms with Gasteiger partial charge < -0.3 is 14.2 Å². The van der Waals surface area contributed by atoms with E-state index in [1.165, 1.54) is 5.56 Å². The highest BCUT2D eigenvalue weighted by Gasteiger charge is 2.34. The minimum atomic E-state index is -0.189. The van der Waals surface area contributed by atoms with E-state index in [-0.39, 0.29) is 23.7 Å². The van der Waals surface area contributed by atoms with Crippen molar-refractivity contribution in [1.82, 2.24) is 19.9 Å². The third-order valence-electron chi connectivity index (χ3n) is 6.33. The second kappa shape index (κ2) is 9.82. The van der Waals surface area contributed by atoms with Gasteiger partial charge in [-0.3, -0.25) is 4.79 Å². The SMILES string of the molecule is Cc1ccc(CC(=O)C[C@H](CCO)c2nnc(-c3cc(CC(C)(C)C)on3)n2C2CC2)c(C)c1. The number of nitrogens with zero attached hydrogens (tertiary/aromatic N) is 4. The van der Waals surface area contributed by atoms with Gasteiger partial charge in [0.15, 0.2) is 11.5 Å². The van der Waals surface area contributed by atoms with Crippen molar-refractivity contribution in [1.29, 1.82) is 0 Å². The van der Waals surface area contributed by atoms with Crippen LogP contribution in [0.5, 0.6) is 0 Å². The normalized spacial score (nSPS) is 15.0. The molecular weight excluding hydrogens is 428 g/mol. The Morgan fingerprint density at radius 2 is 1.97 bits per heavy atom. The Kier molecular flexibility index (Phi) is 7.03. The molecule has 0 spiro atoms. The van der Waals surface area contributed by atoms with Gasteiger partial charge in [-0.1, -0.05) is 49.7 Å². The van der Waals surface area contributed by atoms with E-state index in [0.717, 1.165) is 42.0 Å². The highest BCUT2D eigenvalue weighted by molar-refractivity contribution is 5.82. The first kappa shape index (κ1) is 24.3. The zero-order valence-corrected chi connectivity index (χ0v) is 21.0. The predicted octanol–water partition coefficient (Wildman–Crippen LogP) is 5.14. The number of carbonyl (C=O) groups excluding carboxylic acids is 1. The highest BCUT2D eigenvalue weighted by Crippen LogP contribution is 2.41. The fourth-order valence-corrected chi connectivity index (χ4v) is 4.56. The van der Waals surface area contributed by atoms with Crippen LogP contribution in [0.3, 0.4) is 0 Å². The minimum absolute atomic E-state index is 0.00590. The molecule has 1 aliphatic rings. The van der Waals surface area contributed by atoms with Crippen LogP contribution in [0, 0.1) is 19.3 Å². The molecule has 1 N–H and O–H groups in total. The smallest absolute Gasteiger partial charge is 0.186 e. The third-order valence-corrected chi connectivity index (χ3v) is 6.33. The monoisotopic (exact) mass is 464 g/mol. The van der Waals surface area contributed by atoms with Gasteiger partial charge in [0.25, 0.3) is 0 Å². The van der Waals surface area contributed by atoms with Crippen LogP contribution in [0.15, 0.2) is 28.8 Å². The van der Waals surface area contributed by atoms with Crippen LogP contribution in [-0.2, 0) is 17.6 Å². The number of hydrogen-bond acceptors (Lipinski definition) is 6. The summed E-state index contributed by atoms with van der Waals surface area (Å²) in [4.78, 5) is 13.1. The standard InChI is InChI=1S/C27H36N4O3/c1-17-6-7-19(18(2)12-17)13-22(33)14-20(10-11-32)25-28-29-26(31(25)21-8-9-21)24-15-23(34-30-24)16-27(3,4)5/h6-7,12,15,20-21,32H,8-11,13-14,16H2,1-5H3/t20-/m0/s1. The molecule has 0 radical (unpaired) electrons. The molecule has 4 rings (SSSR count). The van der Waals surface area contributed by atoms with E-state index in [0.29, 0.717) is 36.8 Å². The number of aliphatic hydroxyl groups is 1. The Morgan fingerprint density at radius 1 is 1.21 bits per heavy atom. The molecular formula is C27H36N4O3. The average Bonchev–Trinajstić information content (AvgIpc) is 3.32. The first-order chi connectivity index (χ1) is 16.1. The molecule has 0 unspecified atom stereocenters. The largest absolute Gasteiger partial charge is 0.396 e. The molecule has 0 aliphatic heterocycles. The average molecular weight is 465 g/mol. The first-order valence-corrected chi connectivity index (χ1v) is 12.2. The molecule has 3 aromatic rings. The minimum Gasteiger partial charge on any atom is -0.396 e.